The number of nitrogens with zero attached hydrogens (tertiary/aromatic N) is 2. The van der Waals surface area contributed by atoms with Crippen molar-refractivity contribution in [2.24, 2.45) is 4.99 Å². The molecule has 2 aromatic carbocycles. The third-order valence-corrected chi connectivity index (χ3v) is 4.59. The lowest BCUT2D eigenvalue weighted by Gasteiger charge is -2.11. The zero-order valence-electron chi connectivity index (χ0n) is 14.6. The highest BCUT2D eigenvalue weighted by Crippen LogP contribution is 2.24. The summed E-state index contributed by atoms with van der Waals surface area (Å²) in [6.45, 7) is 4.59. The molecule has 0 fully saturated rings. The van der Waals surface area contributed by atoms with Gasteiger partial charge in [-0.3, -0.25) is 4.99 Å². The molecule has 26 heavy (non-hydrogen) atoms. The van der Waals surface area contributed by atoms with Crippen molar-refractivity contribution >= 4 is 23.8 Å². The molecule has 0 unspecified atom stereocenters. The Bertz CT molecular complexity index is 975. The molecule has 1 N–H and O–H groups in total. The number of benzene rings is 2. The van der Waals surface area contributed by atoms with Crippen LogP contribution in [0.15, 0.2) is 59.6 Å². The van der Waals surface area contributed by atoms with Crippen molar-refractivity contribution in [3.63, 3.8) is 0 Å². The maximum Gasteiger partial charge on any atom is 0.337 e. The van der Waals surface area contributed by atoms with Crippen LogP contribution in [0.5, 0.6) is 0 Å². The largest absolute Gasteiger partial charge is 0.478 e. The highest BCUT2D eigenvalue weighted by Gasteiger charge is 2.14. The van der Waals surface area contributed by atoms with Crippen LogP contribution < -0.4 is 0 Å². The summed E-state index contributed by atoms with van der Waals surface area (Å²) in [5, 5.41) is 9.52. The third kappa shape index (κ3) is 3.70. The quantitative estimate of drug-likeness (QED) is 0.641. The highest BCUT2D eigenvalue weighted by atomic mass is 35.5. The summed E-state index contributed by atoms with van der Waals surface area (Å²) in [4.78, 5) is 15.9. The Morgan fingerprint density at radius 2 is 1.88 bits per heavy atom. The van der Waals surface area contributed by atoms with Crippen molar-refractivity contribution in [3.05, 3.63) is 87.7 Å². The standard InChI is InChI=1S/C21H19ClN2O2/c1-14-10-17(13-23-12-16-6-4-3-5-7-16)15(2)24(14)18-8-9-20(22)19(11-18)21(25)26/h3-11,13H,12H2,1-2H3,(H,25,26). The molecule has 4 nitrogen and oxygen atoms in total. The number of rotatable bonds is 5. The zero-order valence-corrected chi connectivity index (χ0v) is 15.4. The van der Waals surface area contributed by atoms with Gasteiger partial charge < -0.3 is 9.67 Å². The van der Waals surface area contributed by atoms with E-state index in [0.717, 1.165) is 28.2 Å². The van der Waals surface area contributed by atoms with Gasteiger partial charge in [-0.05, 0) is 43.7 Å². The molecule has 3 rings (SSSR count). The summed E-state index contributed by atoms with van der Waals surface area (Å²) in [7, 11) is 0. The molecule has 0 spiro atoms. The van der Waals surface area contributed by atoms with Crippen molar-refractivity contribution in [2.45, 2.75) is 20.4 Å². The molecule has 0 aliphatic rings. The predicted octanol–water partition coefficient (Wildman–Crippen LogP) is 5.06. The Morgan fingerprint density at radius 3 is 2.58 bits per heavy atom. The number of halogens is 1. The lowest BCUT2D eigenvalue weighted by molar-refractivity contribution is 0.0697. The van der Waals surface area contributed by atoms with Crippen molar-refractivity contribution in [1.82, 2.24) is 4.57 Å². The molecular weight excluding hydrogens is 348 g/mol. The molecule has 132 valence electrons. The predicted molar refractivity (Wildman–Crippen MR) is 105 cm³/mol. The number of aromatic carboxylic acids is 1. The van der Waals surface area contributed by atoms with Crippen molar-refractivity contribution in [1.29, 1.82) is 0 Å². The van der Waals surface area contributed by atoms with Gasteiger partial charge in [-0.15, -0.1) is 0 Å². The minimum Gasteiger partial charge on any atom is -0.478 e. The lowest BCUT2D eigenvalue weighted by Crippen LogP contribution is -2.03. The van der Waals surface area contributed by atoms with E-state index in [-0.39, 0.29) is 10.6 Å². The smallest absolute Gasteiger partial charge is 0.337 e. The molecular formula is C21H19ClN2O2. The minimum absolute atomic E-state index is 0.0935. The van der Waals surface area contributed by atoms with Crippen LogP contribution in [0.4, 0.5) is 0 Å². The Hall–Kier alpha value is -2.85. The van der Waals surface area contributed by atoms with Gasteiger partial charge in [0.1, 0.15) is 0 Å². The average molecular weight is 367 g/mol. The van der Waals surface area contributed by atoms with E-state index in [9.17, 15) is 9.90 Å². The van der Waals surface area contributed by atoms with Crippen molar-refractivity contribution in [2.75, 3.05) is 0 Å². The molecule has 0 saturated heterocycles. The summed E-state index contributed by atoms with van der Waals surface area (Å²) in [6, 6.07) is 17.1. The van der Waals surface area contributed by atoms with Crippen molar-refractivity contribution in [3.8, 4) is 5.69 Å². The molecule has 1 heterocycles. The van der Waals surface area contributed by atoms with E-state index in [0.29, 0.717) is 6.54 Å². The third-order valence-electron chi connectivity index (χ3n) is 4.26. The monoisotopic (exact) mass is 366 g/mol. The van der Waals surface area contributed by atoms with E-state index >= 15 is 0 Å². The molecule has 0 bridgehead atoms. The number of hydrogen-bond donors (Lipinski definition) is 1. The van der Waals surface area contributed by atoms with Crippen LogP contribution in [-0.2, 0) is 6.54 Å². The van der Waals surface area contributed by atoms with Crippen LogP contribution in [-0.4, -0.2) is 21.9 Å². The van der Waals surface area contributed by atoms with Gasteiger partial charge in [0, 0.05) is 28.9 Å². The van der Waals surface area contributed by atoms with Gasteiger partial charge in [-0.1, -0.05) is 41.9 Å². The average Bonchev–Trinajstić information content (AvgIpc) is 2.90. The first-order chi connectivity index (χ1) is 12.5. The van der Waals surface area contributed by atoms with E-state index in [4.69, 9.17) is 11.6 Å². The van der Waals surface area contributed by atoms with E-state index in [2.05, 4.69) is 4.99 Å². The number of carbonyl (C=O) groups is 1. The summed E-state index contributed by atoms with van der Waals surface area (Å²) >= 11 is 5.98. The Labute approximate surface area is 157 Å². The normalized spacial score (nSPS) is 11.2. The maximum absolute atomic E-state index is 11.3. The van der Waals surface area contributed by atoms with Gasteiger partial charge >= 0.3 is 5.97 Å². The fourth-order valence-corrected chi connectivity index (χ4v) is 3.16. The minimum atomic E-state index is -1.04. The molecule has 5 heteroatoms. The first kappa shape index (κ1) is 18.0. The maximum atomic E-state index is 11.3. The summed E-state index contributed by atoms with van der Waals surface area (Å²) < 4.78 is 2.01. The number of carboxylic acid groups (broad SMARTS) is 1. The van der Waals surface area contributed by atoms with Crippen LogP contribution in [0.25, 0.3) is 5.69 Å². The van der Waals surface area contributed by atoms with Gasteiger partial charge in [0.25, 0.3) is 0 Å². The van der Waals surface area contributed by atoms with Gasteiger partial charge in [-0.2, -0.15) is 0 Å². The number of hydrogen-bond acceptors (Lipinski definition) is 2. The lowest BCUT2D eigenvalue weighted by atomic mass is 10.2. The van der Waals surface area contributed by atoms with Gasteiger partial charge in [0.05, 0.1) is 17.1 Å². The fourth-order valence-electron chi connectivity index (χ4n) is 2.96. The van der Waals surface area contributed by atoms with Crippen molar-refractivity contribution < 1.29 is 9.90 Å². The number of aromatic nitrogens is 1. The Kier molecular flexibility index (Phi) is 5.24. The molecule has 0 atom stereocenters. The first-order valence-electron chi connectivity index (χ1n) is 8.23. The molecule has 3 aromatic rings. The zero-order chi connectivity index (χ0) is 18.7. The van der Waals surface area contributed by atoms with Crippen LogP contribution >= 0.6 is 11.6 Å². The molecule has 0 radical (unpaired) electrons. The van der Waals surface area contributed by atoms with Gasteiger partial charge in [0.15, 0.2) is 0 Å². The Morgan fingerprint density at radius 1 is 1.15 bits per heavy atom. The number of carboxylic acids is 1. The second-order valence-corrected chi connectivity index (χ2v) is 6.49. The summed E-state index contributed by atoms with van der Waals surface area (Å²) in [5.74, 6) is -1.04. The van der Waals surface area contributed by atoms with E-state index in [1.54, 1.807) is 12.1 Å². The van der Waals surface area contributed by atoms with E-state index < -0.39 is 5.97 Å². The molecule has 0 aliphatic carbocycles. The highest BCUT2D eigenvalue weighted by molar-refractivity contribution is 6.33. The van der Waals surface area contributed by atoms with E-state index in [1.165, 1.54) is 0 Å². The van der Waals surface area contributed by atoms with Gasteiger partial charge in [0.2, 0.25) is 0 Å². The molecule has 1 aromatic heterocycles. The second-order valence-electron chi connectivity index (χ2n) is 6.09. The number of aryl methyl sites for hydroxylation is 1. The fraction of sp³-hybridized carbons (Fsp3) is 0.143. The van der Waals surface area contributed by atoms with Crippen LogP contribution in [0.2, 0.25) is 5.02 Å². The topological polar surface area (TPSA) is 54.6 Å². The second kappa shape index (κ2) is 7.58. The number of aliphatic imine (C=N–C) groups is 1. The Balaban J connectivity index is 1.91. The van der Waals surface area contributed by atoms with Crippen LogP contribution in [0.1, 0.15) is 32.9 Å². The molecule has 0 aliphatic heterocycles. The van der Waals surface area contributed by atoms with Crippen LogP contribution in [0, 0.1) is 13.8 Å². The summed E-state index contributed by atoms with van der Waals surface area (Å²) in [5.41, 5.74) is 5.02. The van der Waals surface area contributed by atoms with Crippen LogP contribution in [0.3, 0.4) is 0 Å². The van der Waals surface area contributed by atoms with E-state index in [1.807, 2.05) is 67.1 Å². The van der Waals surface area contributed by atoms with Gasteiger partial charge in [-0.25, -0.2) is 4.79 Å². The molecule has 0 saturated carbocycles. The SMILES string of the molecule is Cc1cc(C=NCc2ccccc2)c(C)n1-c1ccc(Cl)c(C(=O)O)c1. The first-order valence-corrected chi connectivity index (χ1v) is 8.61. The summed E-state index contributed by atoms with van der Waals surface area (Å²) in [6.07, 6.45) is 1.86. The molecule has 0 amide bonds.